The van der Waals surface area contributed by atoms with Crippen molar-refractivity contribution in [3.63, 3.8) is 0 Å². The summed E-state index contributed by atoms with van der Waals surface area (Å²) in [7, 11) is 1.60. The largest absolute Gasteiger partial charge is 0.478 e. The monoisotopic (exact) mass is 301 g/mol. The minimum atomic E-state index is 0.514. The first-order chi connectivity index (χ1) is 10.7. The van der Waals surface area contributed by atoms with Gasteiger partial charge in [0.1, 0.15) is 0 Å². The second-order valence-corrected chi connectivity index (χ2v) is 5.09. The summed E-state index contributed by atoms with van der Waals surface area (Å²) in [4.78, 5) is 15.5. The molecular formula is C15H19N5O2. The summed E-state index contributed by atoms with van der Waals surface area (Å²) in [5.41, 5.74) is 8.92. The van der Waals surface area contributed by atoms with Gasteiger partial charge in [-0.05, 0) is 13.0 Å². The highest BCUT2D eigenvalue weighted by Crippen LogP contribution is 2.29. The highest BCUT2D eigenvalue weighted by Gasteiger charge is 2.19. The summed E-state index contributed by atoms with van der Waals surface area (Å²) >= 11 is 0. The van der Waals surface area contributed by atoms with Crippen LogP contribution in [-0.4, -0.2) is 48.4 Å². The van der Waals surface area contributed by atoms with E-state index in [-0.39, 0.29) is 0 Å². The van der Waals surface area contributed by atoms with Gasteiger partial charge in [-0.3, -0.25) is 4.98 Å². The molecule has 2 N–H and O–H groups in total. The average Bonchev–Trinajstić information content (AvgIpc) is 2.57. The number of nitrogens with zero attached hydrogens (tertiary/aromatic N) is 4. The standard InChI is InChI=1S/C15H19N5O2/c1-10-12(7-11(16)8-17-10)13-9-18-15(21-2)14(19-13)20-3-5-22-6-4-20/h7-9H,3-6,16H2,1-2H3. The molecule has 1 aliphatic heterocycles. The fraction of sp³-hybridized carbons (Fsp3) is 0.400. The van der Waals surface area contributed by atoms with E-state index in [1.165, 1.54) is 0 Å². The van der Waals surface area contributed by atoms with E-state index < -0.39 is 0 Å². The van der Waals surface area contributed by atoms with Crippen LogP contribution in [0.1, 0.15) is 5.69 Å². The van der Waals surface area contributed by atoms with Crippen LogP contribution in [0.5, 0.6) is 5.88 Å². The highest BCUT2D eigenvalue weighted by molar-refractivity contribution is 5.67. The Morgan fingerprint density at radius 2 is 2.00 bits per heavy atom. The predicted octanol–water partition coefficient (Wildman–Crippen LogP) is 1.27. The number of morpholine rings is 1. The second-order valence-electron chi connectivity index (χ2n) is 5.09. The van der Waals surface area contributed by atoms with Gasteiger partial charge < -0.3 is 20.1 Å². The number of ether oxygens (including phenoxy) is 2. The fourth-order valence-electron chi connectivity index (χ4n) is 2.43. The van der Waals surface area contributed by atoms with Crippen molar-refractivity contribution in [2.75, 3.05) is 44.0 Å². The van der Waals surface area contributed by atoms with Gasteiger partial charge in [0.25, 0.3) is 5.88 Å². The van der Waals surface area contributed by atoms with E-state index >= 15 is 0 Å². The van der Waals surface area contributed by atoms with Crippen molar-refractivity contribution in [3.8, 4) is 17.1 Å². The van der Waals surface area contributed by atoms with Gasteiger partial charge in [0.05, 0.1) is 44.1 Å². The summed E-state index contributed by atoms with van der Waals surface area (Å²) in [6.07, 6.45) is 3.32. The molecule has 1 saturated heterocycles. The minimum absolute atomic E-state index is 0.514. The Labute approximate surface area is 129 Å². The number of pyridine rings is 1. The number of aromatic nitrogens is 3. The van der Waals surface area contributed by atoms with E-state index in [2.05, 4.69) is 14.9 Å². The number of hydrogen-bond donors (Lipinski definition) is 1. The lowest BCUT2D eigenvalue weighted by Crippen LogP contribution is -2.37. The van der Waals surface area contributed by atoms with Crippen LogP contribution < -0.4 is 15.4 Å². The van der Waals surface area contributed by atoms with Crippen LogP contribution in [0.3, 0.4) is 0 Å². The lowest BCUT2D eigenvalue weighted by molar-refractivity contribution is 0.122. The molecule has 2 aromatic rings. The quantitative estimate of drug-likeness (QED) is 0.913. The first-order valence-electron chi connectivity index (χ1n) is 7.15. The van der Waals surface area contributed by atoms with Gasteiger partial charge in [-0.1, -0.05) is 0 Å². The molecule has 7 nitrogen and oxygen atoms in total. The molecule has 0 amide bonds. The first kappa shape index (κ1) is 14.5. The maximum atomic E-state index is 5.84. The van der Waals surface area contributed by atoms with E-state index in [4.69, 9.17) is 20.2 Å². The predicted molar refractivity (Wildman–Crippen MR) is 84.0 cm³/mol. The van der Waals surface area contributed by atoms with Crippen molar-refractivity contribution in [3.05, 3.63) is 24.2 Å². The van der Waals surface area contributed by atoms with Gasteiger partial charge in [-0.25, -0.2) is 9.97 Å². The third-order valence-electron chi connectivity index (χ3n) is 3.61. The first-order valence-corrected chi connectivity index (χ1v) is 7.15. The molecule has 0 aliphatic carbocycles. The Bertz CT molecular complexity index is 671. The van der Waals surface area contributed by atoms with E-state index in [1.54, 1.807) is 19.5 Å². The SMILES string of the molecule is COc1ncc(-c2cc(N)cnc2C)nc1N1CCOCC1. The second kappa shape index (κ2) is 6.15. The Morgan fingerprint density at radius 1 is 1.23 bits per heavy atom. The number of rotatable bonds is 3. The molecular weight excluding hydrogens is 282 g/mol. The Balaban J connectivity index is 2.04. The molecule has 0 unspecified atom stereocenters. The zero-order chi connectivity index (χ0) is 15.5. The molecule has 0 spiro atoms. The van der Waals surface area contributed by atoms with Gasteiger partial charge >= 0.3 is 0 Å². The molecule has 116 valence electrons. The molecule has 1 aliphatic rings. The van der Waals surface area contributed by atoms with Gasteiger partial charge in [0.2, 0.25) is 0 Å². The van der Waals surface area contributed by atoms with Gasteiger partial charge in [-0.15, -0.1) is 0 Å². The van der Waals surface area contributed by atoms with E-state index in [9.17, 15) is 0 Å². The minimum Gasteiger partial charge on any atom is -0.478 e. The normalized spacial score (nSPS) is 14.9. The van der Waals surface area contributed by atoms with Crippen molar-refractivity contribution in [2.45, 2.75) is 6.92 Å². The van der Waals surface area contributed by atoms with Gasteiger partial charge in [-0.2, -0.15) is 0 Å². The summed E-state index contributed by atoms with van der Waals surface area (Å²) in [5, 5.41) is 0. The number of hydrogen-bond acceptors (Lipinski definition) is 7. The van der Waals surface area contributed by atoms with Crippen LogP contribution in [0, 0.1) is 6.92 Å². The molecule has 0 saturated carbocycles. The molecule has 0 atom stereocenters. The van der Waals surface area contributed by atoms with Crippen LogP contribution in [-0.2, 0) is 4.74 Å². The third-order valence-corrected chi connectivity index (χ3v) is 3.61. The molecule has 0 bridgehead atoms. The summed E-state index contributed by atoms with van der Waals surface area (Å²) in [6.45, 7) is 4.81. The van der Waals surface area contributed by atoms with Gasteiger partial charge in [0.15, 0.2) is 5.82 Å². The molecule has 22 heavy (non-hydrogen) atoms. The smallest absolute Gasteiger partial charge is 0.257 e. The van der Waals surface area contributed by atoms with Crippen molar-refractivity contribution in [2.24, 2.45) is 0 Å². The van der Waals surface area contributed by atoms with Crippen molar-refractivity contribution in [1.82, 2.24) is 15.0 Å². The Kier molecular flexibility index (Phi) is 4.06. The van der Waals surface area contributed by atoms with Crippen LogP contribution in [0.4, 0.5) is 11.5 Å². The topological polar surface area (TPSA) is 86.4 Å². The fourth-order valence-corrected chi connectivity index (χ4v) is 2.43. The number of aryl methyl sites for hydroxylation is 1. The molecule has 0 aromatic carbocycles. The number of anilines is 2. The lowest BCUT2D eigenvalue weighted by Gasteiger charge is -2.28. The van der Waals surface area contributed by atoms with Gasteiger partial charge in [0, 0.05) is 24.3 Å². The van der Waals surface area contributed by atoms with E-state index in [0.717, 1.165) is 35.9 Å². The van der Waals surface area contributed by atoms with Crippen molar-refractivity contribution >= 4 is 11.5 Å². The highest BCUT2D eigenvalue weighted by atomic mass is 16.5. The van der Waals surface area contributed by atoms with Crippen molar-refractivity contribution < 1.29 is 9.47 Å². The van der Waals surface area contributed by atoms with Crippen LogP contribution in [0.15, 0.2) is 18.5 Å². The zero-order valence-electron chi connectivity index (χ0n) is 12.7. The maximum absolute atomic E-state index is 5.84. The molecule has 3 heterocycles. The third kappa shape index (κ3) is 2.80. The molecule has 3 rings (SSSR count). The summed E-state index contributed by atoms with van der Waals surface area (Å²) in [6, 6.07) is 1.86. The van der Waals surface area contributed by atoms with Crippen LogP contribution >= 0.6 is 0 Å². The van der Waals surface area contributed by atoms with E-state index in [1.807, 2.05) is 13.0 Å². The summed E-state index contributed by atoms with van der Waals surface area (Å²) in [5.74, 6) is 1.24. The number of methoxy groups -OCH3 is 1. The molecule has 0 radical (unpaired) electrons. The number of nitrogens with two attached hydrogens (primary N) is 1. The molecule has 2 aromatic heterocycles. The molecule has 1 fully saturated rings. The van der Waals surface area contributed by atoms with E-state index in [0.29, 0.717) is 24.8 Å². The van der Waals surface area contributed by atoms with Crippen LogP contribution in [0.25, 0.3) is 11.3 Å². The lowest BCUT2D eigenvalue weighted by atomic mass is 10.1. The average molecular weight is 301 g/mol. The van der Waals surface area contributed by atoms with Crippen molar-refractivity contribution in [1.29, 1.82) is 0 Å². The Hall–Kier alpha value is -2.41. The summed E-state index contributed by atoms with van der Waals surface area (Å²) < 4.78 is 10.7. The number of nitrogen functional groups attached to an aromatic ring is 1. The van der Waals surface area contributed by atoms with Crippen LogP contribution in [0.2, 0.25) is 0 Å². The molecule has 7 heteroatoms. The Morgan fingerprint density at radius 3 is 2.73 bits per heavy atom. The maximum Gasteiger partial charge on any atom is 0.257 e. The zero-order valence-corrected chi connectivity index (χ0v) is 12.7.